The van der Waals surface area contributed by atoms with E-state index >= 15 is 0 Å². The van der Waals surface area contributed by atoms with Gasteiger partial charge in [-0.05, 0) is 61.2 Å². The number of nitrogens with one attached hydrogen (secondary N) is 2. The van der Waals surface area contributed by atoms with Crippen molar-refractivity contribution in [3.63, 3.8) is 0 Å². The molecule has 2 aromatic heterocycles. The summed E-state index contributed by atoms with van der Waals surface area (Å²) >= 11 is 13.0. The summed E-state index contributed by atoms with van der Waals surface area (Å²) in [6.45, 7) is 0.331. The maximum atomic E-state index is 13.2. The first-order valence-corrected chi connectivity index (χ1v) is 11.2. The van der Waals surface area contributed by atoms with Gasteiger partial charge < -0.3 is 10.1 Å². The van der Waals surface area contributed by atoms with Gasteiger partial charge in [0.2, 0.25) is 5.95 Å². The van der Waals surface area contributed by atoms with Crippen molar-refractivity contribution >= 4 is 57.2 Å². The van der Waals surface area contributed by atoms with E-state index in [1.807, 2.05) is 0 Å². The lowest BCUT2D eigenvalue weighted by Gasteiger charge is -2.12. The Bertz CT molecular complexity index is 1150. The second-order valence-corrected chi connectivity index (χ2v) is 8.91. The molecule has 2 heterocycles. The van der Waals surface area contributed by atoms with Crippen molar-refractivity contribution in [3.8, 4) is 0 Å². The summed E-state index contributed by atoms with van der Waals surface area (Å²) in [5.41, 5.74) is 2.31. The zero-order chi connectivity index (χ0) is 22.0. The molecule has 1 aromatic carbocycles. The van der Waals surface area contributed by atoms with Crippen molar-refractivity contribution in [2.24, 2.45) is 0 Å². The number of thiophene rings is 1. The predicted molar refractivity (Wildman–Crippen MR) is 123 cm³/mol. The average molecular weight is 480 g/mol. The van der Waals surface area contributed by atoms with Crippen molar-refractivity contribution in [2.45, 2.75) is 32.2 Å². The molecule has 0 aliphatic heterocycles. The fourth-order valence-corrected chi connectivity index (χ4v) is 5.23. The average Bonchev–Trinajstić information content (AvgIpc) is 3.33. The Balaban J connectivity index is 1.45. The molecule has 0 radical (unpaired) electrons. The van der Waals surface area contributed by atoms with Gasteiger partial charge in [0.15, 0.2) is 5.11 Å². The van der Waals surface area contributed by atoms with Gasteiger partial charge >= 0.3 is 5.97 Å². The lowest BCUT2D eigenvalue weighted by atomic mass is 9.95. The summed E-state index contributed by atoms with van der Waals surface area (Å²) in [7, 11) is 1.37. The van der Waals surface area contributed by atoms with Gasteiger partial charge in [-0.15, -0.1) is 16.4 Å². The molecule has 3 aromatic rings. The lowest BCUT2D eigenvalue weighted by Crippen LogP contribution is -2.21. The van der Waals surface area contributed by atoms with Crippen LogP contribution in [-0.4, -0.2) is 33.0 Å². The summed E-state index contributed by atoms with van der Waals surface area (Å²) in [5, 5.41) is 11.6. The van der Waals surface area contributed by atoms with E-state index < -0.39 is 5.82 Å². The number of methoxy groups -OCH3 is 1. The molecular formula is C20H19ClFN5O2S2. The first-order chi connectivity index (χ1) is 14.9. The molecule has 1 aliphatic rings. The Hall–Kier alpha value is -2.56. The standard InChI is InChI=1S/C20H19ClFN5O2S2/c1-29-18(28)16-13-4-2-3-5-15(13)31-17(16)24-20(30)25-19-23-10-27(26-19)9-11-6-7-12(22)8-14(11)21/h6-8,10H,2-5,9H2,1H3,(H2,24,25,26,30). The molecule has 31 heavy (non-hydrogen) atoms. The topological polar surface area (TPSA) is 81.1 Å². The molecule has 0 amide bonds. The number of nitrogens with zero attached hydrogens (tertiary/aromatic N) is 3. The minimum atomic E-state index is -0.396. The van der Waals surface area contributed by atoms with Gasteiger partial charge in [0, 0.05) is 9.90 Å². The molecule has 0 saturated heterocycles. The Kier molecular flexibility index (Phi) is 6.49. The number of fused-ring (bicyclic) bond motifs is 1. The van der Waals surface area contributed by atoms with Gasteiger partial charge in [-0.2, -0.15) is 0 Å². The highest BCUT2D eigenvalue weighted by Crippen LogP contribution is 2.38. The molecular weight excluding hydrogens is 461 g/mol. The molecule has 2 N–H and O–H groups in total. The van der Waals surface area contributed by atoms with Gasteiger partial charge in [0.25, 0.3) is 0 Å². The first-order valence-electron chi connectivity index (χ1n) is 9.59. The zero-order valence-electron chi connectivity index (χ0n) is 16.6. The third-order valence-corrected chi connectivity index (χ3v) is 6.66. The van der Waals surface area contributed by atoms with E-state index in [9.17, 15) is 9.18 Å². The minimum absolute atomic E-state index is 0.265. The van der Waals surface area contributed by atoms with Crippen LogP contribution in [0.25, 0.3) is 0 Å². The van der Waals surface area contributed by atoms with Crippen LogP contribution in [0.2, 0.25) is 5.02 Å². The maximum absolute atomic E-state index is 13.2. The Labute approximate surface area is 192 Å². The highest BCUT2D eigenvalue weighted by atomic mass is 35.5. The number of esters is 1. The normalized spacial score (nSPS) is 12.9. The van der Waals surface area contributed by atoms with Gasteiger partial charge in [0.1, 0.15) is 17.1 Å². The van der Waals surface area contributed by atoms with Crippen LogP contribution in [0, 0.1) is 5.82 Å². The number of thiocarbonyl (C=S) groups is 1. The van der Waals surface area contributed by atoms with Crippen LogP contribution in [-0.2, 0) is 24.1 Å². The van der Waals surface area contributed by atoms with Crippen LogP contribution in [0.4, 0.5) is 15.3 Å². The molecule has 4 rings (SSSR count). The van der Waals surface area contributed by atoms with Gasteiger partial charge in [0.05, 0.1) is 19.2 Å². The van der Waals surface area contributed by atoms with Crippen molar-refractivity contribution in [1.29, 1.82) is 0 Å². The number of aromatic nitrogens is 3. The van der Waals surface area contributed by atoms with E-state index in [1.165, 1.54) is 41.8 Å². The van der Waals surface area contributed by atoms with E-state index in [2.05, 4.69) is 20.7 Å². The Morgan fingerprint density at radius 3 is 2.94 bits per heavy atom. The summed E-state index contributed by atoms with van der Waals surface area (Å²) in [4.78, 5) is 17.7. The molecule has 0 atom stereocenters. The van der Waals surface area contributed by atoms with E-state index in [0.29, 0.717) is 27.7 Å². The van der Waals surface area contributed by atoms with E-state index in [0.717, 1.165) is 31.2 Å². The number of anilines is 2. The van der Waals surface area contributed by atoms with Crippen LogP contribution in [0.15, 0.2) is 24.5 Å². The number of carbonyl (C=O) groups is 1. The van der Waals surface area contributed by atoms with Gasteiger partial charge in [-0.1, -0.05) is 17.7 Å². The van der Waals surface area contributed by atoms with Gasteiger partial charge in [-0.3, -0.25) is 5.32 Å². The number of halogens is 2. The molecule has 0 unspecified atom stereocenters. The number of benzene rings is 1. The summed E-state index contributed by atoms with van der Waals surface area (Å²) in [6, 6.07) is 4.20. The van der Waals surface area contributed by atoms with E-state index in [4.69, 9.17) is 28.6 Å². The van der Waals surface area contributed by atoms with E-state index in [-0.39, 0.29) is 17.0 Å². The monoisotopic (exact) mass is 479 g/mol. The third kappa shape index (κ3) is 4.86. The maximum Gasteiger partial charge on any atom is 0.341 e. The predicted octanol–water partition coefficient (Wildman–Crippen LogP) is 4.65. The molecule has 0 bridgehead atoms. The molecule has 11 heteroatoms. The van der Waals surface area contributed by atoms with Crippen molar-refractivity contribution in [1.82, 2.24) is 14.8 Å². The number of hydrogen-bond donors (Lipinski definition) is 2. The summed E-state index contributed by atoms with van der Waals surface area (Å²) in [6.07, 6.45) is 5.49. The van der Waals surface area contributed by atoms with E-state index in [1.54, 1.807) is 10.7 Å². The lowest BCUT2D eigenvalue weighted by molar-refractivity contribution is 0.0601. The number of ether oxygens (including phenoxy) is 1. The smallest absolute Gasteiger partial charge is 0.341 e. The second-order valence-electron chi connectivity index (χ2n) is 6.99. The third-order valence-electron chi connectivity index (χ3n) is 4.90. The number of aryl methyl sites for hydroxylation is 1. The molecule has 0 saturated carbocycles. The molecule has 1 aliphatic carbocycles. The molecule has 162 valence electrons. The molecule has 0 fully saturated rings. The minimum Gasteiger partial charge on any atom is -0.465 e. The quantitative estimate of drug-likeness (QED) is 0.407. The van der Waals surface area contributed by atoms with Crippen LogP contribution in [0.5, 0.6) is 0 Å². The fraction of sp³-hybridized carbons (Fsp3) is 0.300. The summed E-state index contributed by atoms with van der Waals surface area (Å²) in [5.74, 6) is -0.479. The highest BCUT2D eigenvalue weighted by Gasteiger charge is 2.26. The van der Waals surface area contributed by atoms with Crippen LogP contribution >= 0.6 is 35.2 Å². The second kappa shape index (κ2) is 9.29. The highest BCUT2D eigenvalue weighted by molar-refractivity contribution is 7.80. The SMILES string of the molecule is COC(=O)c1c(NC(=S)Nc2ncn(Cc3ccc(F)cc3Cl)n2)sc2c1CCCC2. The summed E-state index contributed by atoms with van der Waals surface area (Å²) < 4.78 is 19.8. The number of hydrogen-bond acceptors (Lipinski definition) is 6. The molecule has 0 spiro atoms. The number of carbonyl (C=O) groups excluding carboxylic acids is 1. The van der Waals surface area contributed by atoms with Gasteiger partial charge in [-0.25, -0.2) is 18.9 Å². The largest absolute Gasteiger partial charge is 0.465 e. The van der Waals surface area contributed by atoms with Crippen LogP contribution in [0.1, 0.15) is 39.2 Å². The number of rotatable bonds is 5. The van der Waals surface area contributed by atoms with Crippen molar-refractivity contribution in [3.05, 3.63) is 56.9 Å². The van der Waals surface area contributed by atoms with Crippen LogP contribution in [0.3, 0.4) is 0 Å². The van der Waals surface area contributed by atoms with Crippen molar-refractivity contribution in [2.75, 3.05) is 17.7 Å². The Morgan fingerprint density at radius 1 is 1.35 bits per heavy atom. The first kappa shape index (κ1) is 21.7. The zero-order valence-corrected chi connectivity index (χ0v) is 19.0. The van der Waals surface area contributed by atoms with Crippen molar-refractivity contribution < 1.29 is 13.9 Å². The van der Waals surface area contributed by atoms with Crippen LogP contribution < -0.4 is 10.6 Å². The molecule has 7 nitrogen and oxygen atoms in total. The Morgan fingerprint density at radius 2 is 2.16 bits per heavy atom. The fourth-order valence-electron chi connectivity index (χ4n) is 3.46.